The average Bonchev–Trinajstić information content (AvgIpc) is 3.27. The van der Waals surface area contributed by atoms with E-state index in [0.717, 1.165) is 5.69 Å². The van der Waals surface area contributed by atoms with Gasteiger partial charge in [-0.05, 0) is 24.3 Å². The highest BCUT2D eigenvalue weighted by molar-refractivity contribution is 6.01. The number of para-hydroxylation sites is 1. The smallest absolute Gasteiger partial charge is 0.339 e. The first-order valence-corrected chi connectivity index (χ1v) is 9.64. The van der Waals surface area contributed by atoms with Crippen LogP contribution in [0.2, 0.25) is 0 Å². The summed E-state index contributed by atoms with van der Waals surface area (Å²) in [6, 6.07) is 9.82. The van der Waals surface area contributed by atoms with Gasteiger partial charge in [0.15, 0.2) is 0 Å². The van der Waals surface area contributed by atoms with Crippen LogP contribution in [0.3, 0.4) is 0 Å². The lowest BCUT2D eigenvalue weighted by Gasteiger charge is -2.35. The van der Waals surface area contributed by atoms with Gasteiger partial charge in [0.2, 0.25) is 0 Å². The van der Waals surface area contributed by atoms with E-state index < -0.39 is 23.9 Å². The van der Waals surface area contributed by atoms with Gasteiger partial charge in [-0.3, -0.25) is 0 Å². The fraction of sp³-hybridized carbons (Fsp3) is 0.227. The topological polar surface area (TPSA) is 96.6 Å². The maximum Gasteiger partial charge on any atom is 0.339 e. The Morgan fingerprint density at radius 3 is 2.77 bits per heavy atom. The monoisotopic (exact) mass is 424 g/mol. The van der Waals surface area contributed by atoms with Crippen LogP contribution in [0.15, 0.2) is 48.8 Å². The fourth-order valence-corrected chi connectivity index (χ4v) is 3.73. The van der Waals surface area contributed by atoms with Gasteiger partial charge < -0.3 is 24.7 Å². The number of halogens is 1. The number of carbonyl (C=O) groups is 2. The first-order valence-electron chi connectivity index (χ1n) is 9.64. The lowest BCUT2D eigenvalue weighted by atomic mass is 9.95. The third kappa shape index (κ3) is 3.81. The van der Waals surface area contributed by atoms with Crippen molar-refractivity contribution < 1.29 is 23.5 Å². The Bertz CT molecular complexity index is 1130. The normalized spacial score (nSPS) is 15.2. The molecule has 0 spiro atoms. The van der Waals surface area contributed by atoms with Gasteiger partial charge in [-0.15, -0.1) is 0 Å². The minimum absolute atomic E-state index is 0.225. The Labute approximate surface area is 178 Å². The highest BCUT2D eigenvalue weighted by atomic mass is 19.1. The molecule has 9 heteroatoms. The number of aromatic amines is 1. The summed E-state index contributed by atoms with van der Waals surface area (Å²) in [6.07, 6.45) is 2.07. The van der Waals surface area contributed by atoms with E-state index in [2.05, 4.69) is 15.3 Å². The highest BCUT2D eigenvalue weighted by Gasteiger charge is 2.36. The van der Waals surface area contributed by atoms with Crippen LogP contribution in [-0.4, -0.2) is 47.6 Å². The zero-order chi connectivity index (χ0) is 22.0. The molecule has 1 aromatic heterocycles. The number of fused-ring (bicyclic) bond motifs is 1. The average molecular weight is 424 g/mol. The predicted octanol–water partition coefficient (Wildman–Crippen LogP) is 3.52. The standard InChI is InChI=1S/C22H21FN4O4/c1-30-13-7-8-14(16(23)11-13)20-19-18(24-12-25-19)9-10-27(20)22(29)26-17-6-4-3-5-15(17)21(28)31-2/h3-8,11-12,20H,9-10H2,1-2H3,(H,24,25)(H,26,29)/t20-/m0/s1. The van der Waals surface area contributed by atoms with Crippen LogP contribution in [0, 0.1) is 5.82 Å². The van der Waals surface area contributed by atoms with Gasteiger partial charge in [0.1, 0.15) is 17.6 Å². The first kappa shape index (κ1) is 20.4. The molecule has 1 atom stereocenters. The lowest BCUT2D eigenvalue weighted by molar-refractivity contribution is 0.0602. The quantitative estimate of drug-likeness (QED) is 0.625. The Hall–Kier alpha value is -3.88. The molecule has 2 aromatic carbocycles. The van der Waals surface area contributed by atoms with E-state index >= 15 is 0 Å². The summed E-state index contributed by atoms with van der Waals surface area (Å²) >= 11 is 0. The van der Waals surface area contributed by atoms with E-state index in [1.165, 1.54) is 31.5 Å². The number of rotatable bonds is 4. The number of esters is 1. The Balaban J connectivity index is 1.70. The number of nitrogens with one attached hydrogen (secondary N) is 2. The van der Waals surface area contributed by atoms with Crippen molar-refractivity contribution in [2.24, 2.45) is 0 Å². The van der Waals surface area contributed by atoms with E-state index in [9.17, 15) is 14.0 Å². The molecule has 0 saturated heterocycles. The zero-order valence-electron chi connectivity index (χ0n) is 17.0. The number of methoxy groups -OCH3 is 2. The van der Waals surface area contributed by atoms with Crippen molar-refractivity contribution in [3.8, 4) is 5.75 Å². The summed E-state index contributed by atoms with van der Waals surface area (Å²) in [6.45, 7) is 0.331. The Morgan fingerprint density at radius 2 is 2.03 bits per heavy atom. The van der Waals surface area contributed by atoms with E-state index in [1.807, 2.05) is 0 Å². The SMILES string of the molecule is COC(=O)c1ccccc1NC(=O)N1CCc2[nH]cnc2[C@@H]1c1ccc(OC)cc1F. The molecule has 8 nitrogen and oxygen atoms in total. The summed E-state index contributed by atoms with van der Waals surface area (Å²) < 4.78 is 24.8. The molecule has 3 aromatic rings. The van der Waals surface area contributed by atoms with Crippen molar-refractivity contribution in [3.63, 3.8) is 0 Å². The van der Waals surface area contributed by atoms with Gasteiger partial charge in [0.05, 0.1) is 37.5 Å². The van der Waals surface area contributed by atoms with Crippen LogP contribution in [0.5, 0.6) is 5.75 Å². The molecule has 160 valence electrons. The molecule has 4 rings (SSSR count). The summed E-state index contributed by atoms with van der Waals surface area (Å²) in [5, 5.41) is 2.76. The molecule has 0 fully saturated rings. The summed E-state index contributed by atoms with van der Waals surface area (Å²) in [7, 11) is 2.73. The minimum Gasteiger partial charge on any atom is -0.497 e. The maximum atomic E-state index is 15.0. The number of H-pyrrole nitrogens is 1. The Morgan fingerprint density at radius 1 is 1.23 bits per heavy atom. The number of anilines is 1. The molecule has 1 aliphatic rings. The molecule has 2 N–H and O–H groups in total. The minimum atomic E-state index is -0.744. The van der Waals surface area contributed by atoms with E-state index in [0.29, 0.717) is 35.7 Å². The van der Waals surface area contributed by atoms with Gasteiger partial charge in [-0.2, -0.15) is 0 Å². The molecule has 31 heavy (non-hydrogen) atoms. The fourth-order valence-electron chi connectivity index (χ4n) is 3.73. The number of amides is 2. The van der Waals surface area contributed by atoms with Crippen LogP contribution < -0.4 is 10.1 Å². The number of urea groups is 1. The second-order valence-corrected chi connectivity index (χ2v) is 6.97. The van der Waals surface area contributed by atoms with Crippen molar-refractivity contribution in [3.05, 3.63) is 77.1 Å². The van der Waals surface area contributed by atoms with Gasteiger partial charge in [-0.25, -0.2) is 19.0 Å². The molecule has 0 aliphatic carbocycles. The summed E-state index contributed by atoms with van der Waals surface area (Å²) in [5.41, 5.74) is 2.25. The predicted molar refractivity (Wildman–Crippen MR) is 111 cm³/mol. The van der Waals surface area contributed by atoms with Crippen molar-refractivity contribution in [2.45, 2.75) is 12.5 Å². The third-order valence-electron chi connectivity index (χ3n) is 5.26. The number of ether oxygens (including phenoxy) is 2. The lowest BCUT2D eigenvalue weighted by Crippen LogP contribution is -2.43. The highest BCUT2D eigenvalue weighted by Crippen LogP contribution is 2.36. The number of benzene rings is 2. The largest absolute Gasteiger partial charge is 0.497 e. The molecule has 1 aliphatic heterocycles. The van der Waals surface area contributed by atoms with Crippen molar-refractivity contribution >= 4 is 17.7 Å². The zero-order valence-corrected chi connectivity index (χ0v) is 17.0. The second-order valence-electron chi connectivity index (χ2n) is 6.97. The van der Waals surface area contributed by atoms with Gasteiger partial charge >= 0.3 is 12.0 Å². The van der Waals surface area contributed by atoms with E-state index in [4.69, 9.17) is 9.47 Å². The number of carbonyl (C=O) groups excluding carboxylic acids is 2. The number of hydrogen-bond donors (Lipinski definition) is 2. The second kappa shape index (κ2) is 8.47. The molecular formula is C22H21FN4O4. The van der Waals surface area contributed by atoms with Crippen LogP contribution in [0.4, 0.5) is 14.9 Å². The van der Waals surface area contributed by atoms with Crippen LogP contribution in [0.1, 0.15) is 33.4 Å². The maximum absolute atomic E-state index is 15.0. The van der Waals surface area contributed by atoms with Crippen LogP contribution in [0.25, 0.3) is 0 Å². The molecule has 0 saturated carbocycles. The van der Waals surface area contributed by atoms with E-state index in [-0.39, 0.29) is 5.56 Å². The number of nitrogens with zero attached hydrogens (tertiary/aromatic N) is 2. The molecular weight excluding hydrogens is 403 g/mol. The molecule has 0 unspecified atom stereocenters. The van der Waals surface area contributed by atoms with Crippen LogP contribution in [-0.2, 0) is 11.2 Å². The van der Waals surface area contributed by atoms with Gasteiger partial charge in [-0.1, -0.05) is 12.1 Å². The number of aromatic nitrogens is 2. The molecule has 0 radical (unpaired) electrons. The first-order chi connectivity index (χ1) is 15.0. The van der Waals surface area contributed by atoms with Crippen molar-refractivity contribution in [1.29, 1.82) is 0 Å². The van der Waals surface area contributed by atoms with Crippen molar-refractivity contribution in [1.82, 2.24) is 14.9 Å². The summed E-state index contributed by atoms with van der Waals surface area (Å²) in [5.74, 6) is -0.697. The number of imidazole rings is 1. The van der Waals surface area contributed by atoms with Gasteiger partial charge in [0, 0.05) is 30.3 Å². The molecule has 2 heterocycles. The van der Waals surface area contributed by atoms with Crippen LogP contribution >= 0.6 is 0 Å². The Kier molecular flexibility index (Phi) is 5.57. The summed E-state index contributed by atoms with van der Waals surface area (Å²) in [4.78, 5) is 34.2. The van der Waals surface area contributed by atoms with Crippen molar-refractivity contribution in [2.75, 3.05) is 26.1 Å². The number of hydrogen-bond acceptors (Lipinski definition) is 5. The molecule has 0 bridgehead atoms. The molecule has 2 amide bonds. The van der Waals surface area contributed by atoms with Gasteiger partial charge in [0.25, 0.3) is 0 Å². The van der Waals surface area contributed by atoms with E-state index in [1.54, 1.807) is 36.4 Å². The third-order valence-corrected chi connectivity index (χ3v) is 5.26.